The van der Waals surface area contributed by atoms with Crippen molar-refractivity contribution in [1.82, 2.24) is 9.97 Å². The van der Waals surface area contributed by atoms with Crippen LogP contribution in [0.15, 0.2) is 42.9 Å². The number of hydrogen-bond acceptors (Lipinski definition) is 5. The Bertz CT molecular complexity index is 1310. The van der Waals surface area contributed by atoms with Crippen LogP contribution < -0.4 is 5.32 Å². The summed E-state index contributed by atoms with van der Waals surface area (Å²) in [5.41, 5.74) is 3.11. The second-order valence-corrected chi connectivity index (χ2v) is 15.9. The van der Waals surface area contributed by atoms with Crippen molar-refractivity contribution >= 4 is 42.4 Å². The number of fused-ring (bicyclic) bond motifs is 1. The monoisotopic (exact) mass is 506 g/mol. The number of nitrogens with one attached hydrogen (secondary N) is 1. The number of carbonyl (C=O) groups excluding carboxylic acids is 1. The molecule has 3 aromatic rings. The first-order valence-corrected chi connectivity index (χ1v) is 15.2. The quantitative estimate of drug-likeness (QED) is 0.364. The van der Waals surface area contributed by atoms with Gasteiger partial charge in [0.15, 0.2) is 8.32 Å². The Balaban J connectivity index is 1.58. The number of carbonyl (C=O) groups is 1. The van der Waals surface area contributed by atoms with E-state index in [1.165, 1.54) is 0 Å². The van der Waals surface area contributed by atoms with Crippen LogP contribution in [0.2, 0.25) is 23.2 Å². The summed E-state index contributed by atoms with van der Waals surface area (Å²) in [5, 5.41) is 14.2. The standard InChI is InChI=1S/C27H31ClN4O2Si/c1-27(2,3)35(4,5)34-9-7-17-6-8-30-15-22(17)18-10-19-13-25(31-16-23(19)24(28)12-18)32-26(33)21-11-20(21)14-29/h6,8,10,12-13,15-16,20-21H,7,9,11H2,1-5H3,(H,31,32,33). The van der Waals surface area contributed by atoms with Gasteiger partial charge in [0.1, 0.15) is 5.82 Å². The number of nitriles is 1. The van der Waals surface area contributed by atoms with Gasteiger partial charge in [-0.25, -0.2) is 4.98 Å². The van der Waals surface area contributed by atoms with Crippen molar-refractivity contribution in [2.75, 3.05) is 11.9 Å². The lowest BCUT2D eigenvalue weighted by molar-refractivity contribution is -0.117. The predicted molar refractivity (Wildman–Crippen MR) is 143 cm³/mol. The molecule has 4 rings (SSSR count). The molecular weight excluding hydrogens is 476 g/mol. The van der Waals surface area contributed by atoms with Crippen LogP contribution in [0, 0.1) is 23.2 Å². The fourth-order valence-corrected chi connectivity index (χ4v) is 5.14. The molecule has 0 aliphatic heterocycles. The third kappa shape index (κ3) is 5.56. The van der Waals surface area contributed by atoms with Gasteiger partial charge in [-0.2, -0.15) is 5.26 Å². The maximum absolute atomic E-state index is 12.4. The number of pyridine rings is 2. The number of benzene rings is 1. The van der Waals surface area contributed by atoms with Crippen LogP contribution in [0.25, 0.3) is 21.9 Å². The summed E-state index contributed by atoms with van der Waals surface area (Å²) >= 11 is 6.63. The molecular formula is C27H31ClN4O2Si. The Hall–Kier alpha value is -2.79. The largest absolute Gasteiger partial charge is 0.416 e. The van der Waals surface area contributed by atoms with Crippen molar-refractivity contribution in [3.63, 3.8) is 0 Å². The highest BCUT2D eigenvalue weighted by Crippen LogP contribution is 2.39. The average molecular weight is 507 g/mol. The van der Waals surface area contributed by atoms with E-state index in [2.05, 4.69) is 55.2 Å². The van der Waals surface area contributed by atoms with Gasteiger partial charge in [-0.15, -0.1) is 0 Å². The molecule has 0 bridgehead atoms. The van der Waals surface area contributed by atoms with E-state index in [9.17, 15) is 4.79 Å². The number of aromatic nitrogens is 2. The molecule has 2 unspecified atom stereocenters. The fraction of sp³-hybridized carbons (Fsp3) is 0.407. The number of rotatable bonds is 7. The molecule has 0 saturated heterocycles. The van der Waals surface area contributed by atoms with Gasteiger partial charge < -0.3 is 9.74 Å². The molecule has 0 spiro atoms. The van der Waals surface area contributed by atoms with E-state index in [0.717, 1.165) is 33.9 Å². The Morgan fingerprint density at radius 2 is 2.06 bits per heavy atom. The highest BCUT2D eigenvalue weighted by Gasteiger charge is 2.43. The van der Waals surface area contributed by atoms with Gasteiger partial charge in [0, 0.05) is 36.1 Å². The second-order valence-electron chi connectivity index (χ2n) is 10.7. The lowest BCUT2D eigenvalue weighted by Gasteiger charge is -2.36. The second kappa shape index (κ2) is 9.69. The maximum Gasteiger partial charge on any atom is 0.230 e. The summed E-state index contributed by atoms with van der Waals surface area (Å²) in [5.74, 6) is -0.157. The minimum Gasteiger partial charge on any atom is -0.416 e. The van der Waals surface area contributed by atoms with Gasteiger partial charge in [0.05, 0.1) is 22.9 Å². The van der Waals surface area contributed by atoms with E-state index in [1.807, 2.05) is 30.5 Å². The van der Waals surface area contributed by atoms with Gasteiger partial charge in [0.25, 0.3) is 0 Å². The minimum atomic E-state index is -1.83. The Morgan fingerprint density at radius 1 is 1.29 bits per heavy atom. The van der Waals surface area contributed by atoms with Crippen LogP contribution in [0.3, 0.4) is 0 Å². The summed E-state index contributed by atoms with van der Waals surface area (Å²) in [6.07, 6.45) is 6.72. The predicted octanol–water partition coefficient (Wildman–Crippen LogP) is 6.61. The highest BCUT2D eigenvalue weighted by molar-refractivity contribution is 6.74. The van der Waals surface area contributed by atoms with E-state index in [4.69, 9.17) is 21.3 Å². The summed E-state index contributed by atoms with van der Waals surface area (Å²) in [6.45, 7) is 11.9. The van der Waals surface area contributed by atoms with E-state index >= 15 is 0 Å². The molecule has 2 aromatic heterocycles. The van der Waals surface area contributed by atoms with E-state index < -0.39 is 8.32 Å². The zero-order valence-electron chi connectivity index (χ0n) is 20.9. The molecule has 0 radical (unpaired) electrons. The number of hydrogen-bond donors (Lipinski definition) is 1. The first-order valence-electron chi connectivity index (χ1n) is 11.9. The summed E-state index contributed by atoms with van der Waals surface area (Å²) in [7, 11) is -1.83. The Kier molecular flexibility index (Phi) is 7.01. The number of amides is 1. The van der Waals surface area contributed by atoms with Gasteiger partial charge in [-0.05, 0) is 71.8 Å². The molecule has 6 nitrogen and oxygen atoms in total. The lowest BCUT2D eigenvalue weighted by atomic mass is 9.98. The topological polar surface area (TPSA) is 87.9 Å². The number of anilines is 1. The van der Waals surface area contributed by atoms with Crippen molar-refractivity contribution in [1.29, 1.82) is 5.26 Å². The normalized spacial score (nSPS) is 17.7. The van der Waals surface area contributed by atoms with Gasteiger partial charge in [-0.3, -0.25) is 9.78 Å². The van der Waals surface area contributed by atoms with Crippen LogP contribution in [0.5, 0.6) is 0 Å². The molecule has 1 aromatic carbocycles. The molecule has 2 heterocycles. The maximum atomic E-state index is 12.4. The van der Waals surface area contributed by atoms with Gasteiger partial charge in [-0.1, -0.05) is 32.4 Å². The third-order valence-corrected chi connectivity index (χ3v) is 12.0. The molecule has 35 heavy (non-hydrogen) atoms. The summed E-state index contributed by atoms with van der Waals surface area (Å²) < 4.78 is 6.40. The number of halogens is 1. The first-order chi connectivity index (χ1) is 16.5. The van der Waals surface area contributed by atoms with Crippen molar-refractivity contribution in [2.45, 2.75) is 51.7 Å². The molecule has 182 valence electrons. The lowest BCUT2D eigenvalue weighted by Crippen LogP contribution is -2.41. The van der Waals surface area contributed by atoms with Gasteiger partial charge in [0.2, 0.25) is 5.91 Å². The van der Waals surface area contributed by atoms with Crippen LogP contribution in [0.1, 0.15) is 32.8 Å². The highest BCUT2D eigenvalue weighted by atomic mass is 35.5. The number of nitrogens with zero attached hydrogens (tertiary/aromatic N) is 3. The molecule has 8 heteroatoms. The molecule has 1 N–H and O–H groups in total. The Morgan fingerprint density at radius 3 is 2.74 bits per heavy atom. The molecule has 1 aliphatic carbocycles. The van der Waals surface area contributed by atoms with E-state index in [1.54, 1.807) is 12.4 Å². The first kappa shape index (κ1) is 25.3. The van der Waals surface area contributed by atoms with Crippen molar-refractivity contribution < 1.29 is 9.22 Å². The zero-order valence-corrected chi connectivity index (χ0v) is 22.6. The van der Waals surface area contributed by atoms with E-state index in [0.29, 0.717) is 23.9 Å². The van der Waals surface area contributed by atoms with Crippen molar-refractivity contribution in [3.8, 4) is 17.2 Å². The summed E-state index contributed by atoms with van der Waals surface area (Å²) in [6, 6.07) is 9.97. The zero-order chi connectivity index (χ0) is 25.4. The van der Waals surface area contributed by atoms with E-state index in [-0.39, 0.29) is 22.8 Å². The van der Waals surface area contributed by atoms with Crippen molar-refractivity contribution in [3.05, 3.63) is 53.4 Å². The van der Waals surface area contributed by atoms with Gasteiger partial charge >= 0.3 is 0 Å². The third-order valence-electron chi connectivity index (χ3n) is 7.19. The molecule has 1 aliphatic rings. The molecule has 1 amide bonds. The fourth-order valence-electron chi connectivity index (χ4n) is 3.82. The van der Waals surface area contributed by atoms with Crippen molar-refractivity contribution in [2.24, 2.45) is 11.8 Å². The Labute approximate surface area is 212 Å². The SMILES string of the molecule is CC(C)(C)[Si](C)(C)OCCc1ccncc1-c1cc(Cl)c2cnc(NC(=O)C3CC3C#N)cc2c1. The molecule has 1 saturated carbocycles. The average Bonchev–Trinajstić information content (AvgIpc) is 3.58. The smallest absolute Gasteiger partial charge is 0.230 e. The minimum absolute atomic E-state index is 0.163. The van der Waals surface area contributed by atoms with Crippen LogP contribution >= 0.6 is 11.6 Å². The molecule has 2 atom stereocenters. The molecule has 1 fully saturated rings. The van der Waals surface area contributed by atoms with Crippen LogP contribution in [-0.4, -0.2) is 30.8 Å². The summed E-state index contributed by atoms with van der Waals surface area (Å²) in [4.78, 5) is 21.1. The van der Waals surface area contributed by atoms with Crippen LogP contribution in [0.4, 0.5) is 5.82 Å². The van der Waals surface area contributed by atoms with Crippen LogP contribution in [-0.2, 0) is 15.6 Å².